The second kappa shape index (κ2) is 8.05. The summed E-state index contributed by atoms with van der Waals surface area (Å²) in [4.78, 5) is 12.5. The molecule has 0 heterocycles. The number of ether oxygens (including phenoxy) is 3. The maximum absolute atomic E-state index is 14.3. The minimum absolute atomic E-state index is 0.0822. The molecular formula is C18H17ClF3NO5. The molecule has 0 aromatic heterocycles. The number of methoxy groups -OCH3 is 3. The normalized spacial score (nSPS) is 13.4. The van der Waals surface area contributed by atoms with Crippen molar-refractivity contribution in [2.45, 2.75) is 11.7 Å². The molecule has 0 aliphatic carbocycles. The van der Waals surface area contributed by atoms with Gasteiger partial charge in [0.2, 0.25) is 5.75 Å². The number of halogens is 4. The molecule has 0 spiro atoms. The lowest BCUT2D eigenvalue weighted by molar-refractivity contribution is -0.201. The molecule has 1 atom stereocenters. The Hall–Kier alpha value is -2.81. The van der Waals surface area contributed by atoms with Crippen molar-refractivity contribution >= 4 is 23.3 Å². The van der Waals surface area contributed by atoms with Crippen molar-refractivity contribution in [2.24, 2.45) is 0 Å². The number of rotatable bonds is 6. The average Bonchev–Trinajstić information content (AvgIpc) is 2.64. The van der Waals surface area contributed by atoms with E-state index in [1.165, 1.54) is 24.3 Å². The summed E-state index contributed by atoms with van der Waals surface area (Å²) in [5.41, 5.74) is -4.03. The number of hydrogen-bond donors (Lipinski definition) is 2. The number of esters is 1. The lowest BCUT2D eigenvalue weighted by atomic mass is 9.87. The smallest absolute Gasteiger partial charge is 0.426 e. The minimum Gasteiger partial charge on any atom is -0.502 e. The zero-order valence-electron chi connectivity index (χ0n) is 15.1. The molecule has 0 bridgehead atoms. The Morgan fingerprint density at radius 3 is 2.07 bits per heavy atom. The van der Waals surface area contributed by atoms with Gasteiger partial charge in [-0.05, 0) is 30.3 Å². The number of phenolic OH excluding ortho intramolecular Hbond substituents is 1. The molecule has 0 radical (unpaired) electrons. The molecule has 2 N–H and O–H groups in total. The van der Waals surface area contributed by atoms with Crippen LogP contribution in [0.15, 0.2) is 36.4 Å². The lowest BCUT2D eigenvalue weighted by Crippen LogP contribution is -2.55. The summed E-state index contributed by atoms with van der Waals surface area (Å²) in [6.07, 6.45) is -5.16. The largest absolute Gasteiger partial charge is 0.502 e. The highest BCUT2D eigenvalue weighted by Gasteiger charge is 2.63. The van der Waals surface area contributed by atoms with Crippen LogP contribution in [0.3, 0.4) is 0 Å². The number of hydrogen-bond acceptors (Lipinski definition) is 6. The molecule has 0 aliphatic heterocycles. The monoisotopic (exact) mass is 419 g/mol. The highest BCUT2D eigenvalue weighted by molar-refractivity contribution is 6.30. The summed E-state index contributed by atoms with van der Waals surface area (Å²) in [5, 5.41) is 12.4. The molecule has 0 unspecified atom stereocenters. The highest BCUT2D eigenvalue weighted by Crippen LogP contribution is 2.47. The van der Waals surface area contributed by atoms with Crippen LogP contribution in [0.2, 0.25) is 5.02 Å². The standard InChI is InChI=1S/C18H17ClF3NO5/c1-26-13-7-10(8-14(27-2)15(13)24)17(16(25)28-3,18(20,21)22)23-12-6-4-5-11(19)9-12/h4-9,23-24H,1-3H3/t17-/m0/s1. The van der Waals surface area contributed by atoms with E-state index in [1.54, 1.807) is 0 Å². The zero-order valence-corrected chi connectivity index (χ0v) is 15.8. The molecule has 2 aromatic carbocycles. The maximum Gasteiger partial charge on any atom is 0.426 e. The number of alkyl halides is 3. The van der Waals surface area contributed by atoms with Gasteiger partial charge in [0.25, 0.3) is 5.54 Å². The summed E-state index contributed by atoms with van der Waals surface area (Å²) >= 11 is 5.85. The van der Waals surface area contributed by atoms with Crippen LogP contribution in [-0.4, -0.2) is 38.6 Å². The first-order chi connectivity index (χ1) is 13.1. The second-order valence-electron chi connectivity index (χ2n) is 5.60. The van der Waals surface area contributed by atoms with Crippen molar-refractivity contribution in [3.8, 4) is 17.2 Å². The van der Waals surface area contributed by atoms with E-state index < -0.39 is 29.0 Å². The maximum atomic E-state index is 14.3. The van der Waals surface area contributed by atoms with E-state index in [-0.39, 0.29) is 22.2 Å². The van der Waals surface area contributed by atoms with Crippen molar-refractivity contribution in [3.05, 3.63) is 47.0 Å². The van der Waals surface area contributed by atoms with Crippen molar-refractivity contribution in [3.63, 3.8) is 0 Å². The Balaban J connectivity index is 2.82. The Morgan fingerprint density at radius 1 is 1.07 bits per heavy atom. The van der Waals surface area contributed by atoms with Crippen LogP contribution in [0, 0.1) is 0 Å². The molecule has 2 aromatic rings. The van der Waals surface area contributed by atoms with Crippen LogP contribution in [0.5, 0.6) is 17.2 Å². The van der Waals surface area contributed by atoms with E-state index in [0.29, 0.717) is 0 Å². The summed E-state index contributed by atoms with van der Waals surface area (Å²) in [6.45, 7) is 0. The predicted molar refractivity (Wildman–Crippen MR) is 96.0 cm³/mol. The van der Waals surface area contributed by atoms with Gasteiger partial charge in [-0.25, -0.2) is 4.79 Å². The molecule has 0 saturated heterocycles. The fourth-order valence-electron chi connectivity index (χ4n) is 2.64. The Labute approximate surface area is 163 Å². The summed E-state index contributed by atoms with van der Waals surface area (Å²) in [7, 11) is 3.13. The van der Waals surface area contributed by atoms with E-state index in [4.69, 9.17) is 21.1 Å². The van der Waals surface area contributed by atoms with Gasteiger partial charge in [-0.2, -0.15) is 13.2 Å². The molecule has 152 valence electrons. The second-order valence-corrected chi connectivity index (χ2v) is 6.04. The number of benzene rings is 2. The van der Waals surface area contributed by atoms with Gasteiger partial charge < -0.3 is 24.6 Å². The summed E-state index contributed by atoms with van der Waals surface area (Å²) in [6, 6.07) is 7.16. The average molecular weight is 420 g/mol. The number of carbonyl (C=O) groups is 1. The topological polar surface area (TPSA) is 77.0 Å². The van der Waals surface area contributed by atoms with Crippen LogP contribution < -0.4 is 14.8 Å². The first-order valence-corrected chi connectivity index (χ1v) is 8.12. The minimum atomic E-state index is -5.16. The van der Waals surface area contributed by atoms with Crippen molar-refractivity contribution < 1.29 is 37.3 Å². The molecule has 0 amide bonds. The van der Waals surface area contributed by atoms with E-state index in [1.807, 2.05) is 0 Å². The Kier molecular flexibility index (Phi) is 6.18. The summed E-state index contributed by atoms with van der Waals surface area (Å²) < 4.78 is 57.3. The first kappa shape index (κ1) is 21.5. The van der Waals surface area contributed by atoms with Crippen LogP contribution in [0.4, 0.5) is 18.9 Å². The van der Waals surface area contributed by atoms with Crippen LogP contribution in [0.1, 0.15) is 5.56 Å². The van der Waals surface area contributed by atoms with E-state index in [2.05, 4.69) is 10.1 Å². The van der Waals surface area contributed by atoms with Gasteiger partial charge in [-0.15, -0.1) is 0 Å². The number of carbonyl (C=O) groups excluding carboxylic acids is 1. The van der Waals surface area contributed by atoms with Crippen LogP contribution in [0.25, 0.3) is 0 Å². The fourth-order valence-corrected chi connectivity index (χ4v) is 2.83. The quantitative estimate of drug-likeness (QED) is 0.686. The SMILES string of the molecule is COC(=O)[C@@](Nc1cccc(Cl)c1)(c1cc(OC)c(O)c(OC)c1)C(F)(F)F. The molecule has 10 heteroatoms. The molecule has 0 saturated carbocycles. The number of anilines is 1. The van der Waals surface area contributed by atoms with Gasteiger partial charge in [0.05, 0.1) is 21.3 Å². The Bertz CT molecular complexity index is 850. The predicted octanol–water partition coefficient (Wildman–Crippen LogP) is 4.11. The fraction of sp³-hybridized carbons (Fsp3) is 0.278. The highest BCUT2D eigenvalue weighted by atomic mass is 35.5. The molecule has 0 aliphatic rings. The third kappa shape index (κ3) is 3.75. The van der Waals surface area contributed by atoms with E-state index in [0.717, 1.165) is 33.5 Å². The molecule has 2 rings (SSSR count). The third-order valence-corrected chi connectivity index (χ3v) is 4.22. The van der Waals surface area contributed by atoms with Gasteiger partial charge in [-0.3, -0.25) is 0 Å². The van der Waals surface area contributed by atoms with Crippen molar-refractivity contribution in [2.75, 3.05) is 26.6 Å². The molecule has 28 heavy (non-hydrogen) atoms. The van der Waals surface area contributed by atoms with Gasteiger partial charge in [-0.1, -0.05) is 17.7 Å². The van der Waals surface area contributed by atoms with Crippen molar-refractivity contribution in [1.29, 1.82) is 0 Å². The van der Waals surface area contributed by atoms with Gasteiger partial charge in [0, 0.05) is 16.3 Å². The van der Waals surface area contributed by atoms with Gasteiger partial charge >= 0.3 is 12.1 Å². The van der Waals surface area contributed by atoms with Crippen LogP contribution in [-0.2, 0) is 15.1 Å². The zero-order chi connectivity index (χ0) is 21.1. The molecular weight excluding hydrogens is 403 g/mol. The van der Waals surface area contributed by atoms with E-state index >= 15 is 0 Å². The summed E-state index contributed by atoms with van der Waals surface area (Å²) in [5.74, 6) is -2.79. The van der Waals surface area contributed by atoms with Gasteiger partial charge in [0.15, 0.2) is 11.5 Å². The molecule has 0 fully saturated rings. The molecule has 6 nitrogen and oxygen atoms in total. The van der Waals surface area contributed by atoms with Crippen molar-refractivity contribution in [1.82, 2.24) is 0 Å². The van der Waals surface area contributed by atoms with Gasteiger partial charge in [0.1, 0.15) is 0 Å². The van der Waals surface area contributed by atoms with Crippen LogP contribution >= 0.6 is 11.6 Å². The first-order valence-electron chi connectivity index (χ1n) is 7.75. The number of aromatic hydroxyl groups is 1. The Morgan fingerprint density at radius 2 is 1.64 bits per heavy atom. The third-order valence-electron chi connectivity index (χ3n) is 3.99. The number of phenols is 1. The van der Waals surface area contributed by atoms with E-state index in [9.17, 15) is 23.1 Å². The number of nitrogens with one attached hydrogen (secondary N) is 1. The lowest BCUT2D eigenvalue weighted by Gasteiger charge is -2.35.